The minimum Gasteiger partial charge on any atom is -0.497 e. The van der Waals surface area contributed by atoms with E-state index in [2.05, 4.69) is 15.9 Å². The molecule has 0 aliphatic rings. The minimum absolute atomic E-state index is 0.415. The molecular formula is C16H18BrNO3. The maximum absolute atomic E-state index is 5.89. The molecule has 2 aromatic carbocycles. The molecule has 0 saturated heterocycles. The normalized spacial score (nSPS) is 10.3. The molecule has 0 bridgehead atoms. The molecule has 0 amide bonds. The van der Waals surface area contributed by atoms with E-state index in [-0.39, 0.29) is 0 Å². The number of hydrogen-bond acceptors (Lipinski definition) is 4. The zero-order valence-corrected chi connectivity index (χ0v) is 13.6. The molecule has 2 rings (SSSR count). The first kappa shape index (κ1) is 15.7. The lowest BCUT2D eigenvalue weighted by molar-refractivity contribution is 0.298. The average molecular weight is 352 g/mol. The highest BCUT2D eigenvalue weighted by atomic mass is 79.9. The molecule has 0 atom stereocenters. The summed E-state index contributed by atoms with van der Waals surface area (Å²) in [5.41, 5.74) is 7.68. The largest absolute Gasteiger partial charge is 0.497 e. The van der Waals surface area contributed by atoms with E-state index in [0.717, 1.165) is 32.8 Å². The van der Waals surface area contributed by atoms with E-state index in [4.69, 9.17) is 19.9 Å². The Balaban J connectivity index is 2.19. The molecule has 0 radical (unpaired) electrons. The molecule has 0 aromatic heterocycles. The summed E-state index contributed by atoms with van der Waals surface area (Å²) in [5, 5.41) is 0. The van der Waals surface area contributed by atoms with Gasteiger partial charge in [0, 0.05) is 28.2 Å². The standard InChI is InChI=1S/C16H18BrNO3/c1-19-13-5-6-15(17)12(7-13)10-21-16-8-14(20-2)4-3-11(16)9-18/h3-8H,9-10,18H2,1-2H3. The Hall–Kier alpha value is -1.72. The van der Waals surface area contributed by atoms with Crippen molar-refractivity contribution in [1.29, 1.82) is 0 Å². The molecule has 21 heavy (non-hydrogen) atoms. The van der Waals surface area contributed by atoms with Crippen molar-refractivity contribution in [2.24, 2.45) is 5.73 Å². The van der Waals surface area contributed by atoms with Crippen molar-refractivity contribution in [2.75, 3.05) is 14.2 Å². The first-order valence-electron chi connectivity index (χ1n) is 6.50. The Kier molecular flexibility index (Phi) is 5.47. The van der Waals surface area contributed by atoms with Gasteiger partial charge in [-0.15, -0.1) is 0 Å². The van der Waals surface area contributed by atoms with E-state index in [1.807, 2.05) is 36.4 Å². The molecule has 0 heterocycles. The molecule has 2 N–H and O–H groups in total. The quantitative estimate of drug-likeness (QED) is 0.865. The maximum Gasteiger partial charge on any atom is 0.127 e. The molecule has 0 fully saturated rings. The van der Waals surface area contributed by atoms with Gasteiger partial charge in [0.05, 0.1) is 14.2 Å². The average Bonchev–Trinajstić information content (AvgIpc) is 2.53. The molecule has 0 unspecified atom stereocenters. The van der Waals surface area contributed by atoms with Crippen LogP contribution in [0, 0.1) is 0 Å². The summed E-state index contributed by atoms with van der Waals surface area (Å²) in [4.78, 5) is 0. The van der Waals surface area contributed by atoms with E-state index < -0.39 is 0 Å². The summed E-state index contributed by atoms with van der Waals surface area (Å²) in [6.07, 6.45) is 0. The van der Waals surface area contributed by atoms with E-state index in [1.165, 1.54) is 0 Å². The number of rotatable bonds is 6. The second kappa shape index (κ2) is 7.33. The summed E-state index contributed by atoms with van der Waals surface area (Å²) in [5.74, 6) is 2.26. The number of halogens is 1. The van der Waals surface area contributed by atoms with Crippen molar-refractivity contribution < 1.29 is 14.2 Å². The van der Waals surface area contributed by atoms with Crippen LogP contribution in [0.4, 0.5) is 0 Å². The second-order valence-electron chi connectivity index (χ2n) is 4.42. The van der Waals surface area contributed by atoms with E-state index in [9.17, 15) is 0 Å². The van der Waals surface area contributed by atoms with E-state index in [1.54, 1.807) is 14.2 Å². The number of benzene rings is 2. The molecule has 0 spiro atoms. The first-order chi connectivity index (χ1) is 10.2. The number of nitrogens with two attached hydrogens (primary N) is 1. The summed E-state index contributed by atoms with van der Waals surface area (Å²) in [7, 11) is 3.27. The topological polar surface area (TPSA) is 53.7 Å². The van der Waals surface area contributed by atoms with E-state index >= 15 is 0 Å². The molecule has 4 nitrogen and oxygen atoms in total. The molecule has 0 aliphatic carbocycles. The fraction of sp³-hybridized carbons (Fsp3) is 0.250. The Morgan fingerprint density at radius 1 is 0.952 bits per heavy atom. The highest BCUT2D eigenvalue weighted by Crippen LogP contribution is 2.28. The van der Waals surface area contributed by atoms with Gasteiger partial charge in [0.1, 0.15) is 23.9 Å². The molecule has 2 aromatic rings. The third-order valence-electron chi connectivity index (χ3n) is 3.13. The van der Waals surface area contributed by atoms with Gasteiger partial charge in [-0.2, -0.15) is 0 Å². The van der Waals surface area contributed by atoms with Gasteiger partial charge in [-0.05, 0) is 24.3 Å². The number of methoxy groups -OCH3 is 2. The Morgan fingerprint density at radius 2 is 1.62 bits per heavy atom. The van der Waals surface area contributed by atoms with Gasteiger partial charge in [-0.1, -0.05) is 22.0 Å². The number of ether oxygens (including phenoxy) is 3. The van der Waals surface area contributed by atoms with Crippen LogP contribution in [0.1, 0.15) is 11.1 Å². The van der Waals surface area contributed by atoms with Crippen LogP contribution in [0.2, 0.25) is 0 Å². The second-order valence-corrected chi connectivity index (χ2v) is 5.28. The first-order valence-corrected chi connectivity index (χ1v) is 7.29. The third kappa shape index (κ3) is 3.89. The lowest BCUT2D eigenvalue weighted by Gasteiger charge is -2.13. The van der Waals surface area contributed by atoms with Crippen molar-refractivity contribution in [3.8, 4) is 17.2 Å². The lowest BCUT2D eigenvalue weighted by atomic mass is 10.2. The highest BCUT2D eigenvalue weighted by Gasteiger charge is 2.07. The van der Waals surface area contributed by atoms with Crippen molar-refractivity contribution in [1.82, 2.24) is 0 Å². The van der Waals surface area contributed by atoms with Crippen LogP contribution in [0.5, 0.6) is 17.2 Å². The van der Waals surface area contributed by atoms with Crippen LogP contribution in [-0.2, 0) is 13.2 Å². The van der Waals surface area contributed by atoms with Gasteiger partial charge in [0.25, 0.3) is 0 Å². The van der Waals surface area contributed by atoms with Gasteiger partial charge >= 0.3 is 0 Å². The van der Waals surface area contributed by atoms with Crippen molar-refractivity contribution >= 4 is 15.9 Å². The minimum atomic E-state index is 0.415. The maximum atomic E-state index is 5.89. The third-order valence-corrected chi connectivity index (χ3v) is 3.90. The Morgan fingerprint density at radius 3 is 2.29 bits per heavy atom. The van der Waals surface area contributed by atoms with Crippen LogP contribution in [-0.4, -0.2) is 14.2 Å². The summed E-state index contributed by atoms with van der Waals surface area (Å²) >= 11 is 3.51. The van der Waals surface area contributed by atoms with Crippen LogP contribution in [0.25, 0.3) is 0 Å². The van der Waals surface area contributed by atoms with Gasteiger partial charge in [-0.25, -0.2) is 0 Å². The smallest absolute Gasteiger partial charge is 0.127 e. The zero-order valence-electron chi connectivity index (χ0n) is 12.1. The van der Waals surface area contributed by atoms with Crippen molar-refractivity contribution in [3.63, 3.8) is 0 Å². The molecular weight excluding hydrogens is 334 g/mol. The van der Waals surface area contributed by atoms with Crippen LogP contribution in [0.3, 0.4) is 0 Å². The van der Waals surface area contributed by atoms with Gasteiger partial charge in [0.2, 0.25) is 0 Å². The van der Waals surface area contributed by atoms with Gasteiger partial charge < -0.3 is 19.9 Å². The van der Waals surface area contributed by atoms with Crippen LogP contribution >= 0.6 is 15.9 Å². The lowest BCUT2D eigenvalue weighted by Crippen LogP contribution is -2.03. The zero-order chi connectivity index (χ0) is 15.2. The molecule has 112 valence electrons. The predicted molar refractivity (Wildman–Crippen MR) is 85.9 cm³/mol. The molecule has 0 saturated carbocycles. The van der Waals surface area contributed by atoms with Crippen molar-refractivity contribution in [2.45, 2.75) is 13.2 Å². The van der Waals surface area contributed by atoms with Crippen LogP contribution < -0.4 is 19.9 Å². The summed E-state index contributed by atoms with van der Waals surface area (Å²) in [6.45, 7) is 0.830. The fourth-order valence-corrected chi connectivity index (χ4v) is 2.27. The van der Waals surface area contributed by atoms with Crippen LogP contribution in [0.15, 0.2) is 40.9 Å². The molecule has 0 aliphatic heterocycles. The monoisotopic (exact) mass is 351 g/mol. The van der Waals surface area contributed by atoms with Crippen molar-refractivity contribution in [3.05, 3.63) is 52.0 Å². The SMILES string of the molecule is COc1ccc(Br)c(COc2cc(OC)ccc2CN)c1. The Labute approximate surface area is 132 Å². The highest BCUT2D eigenvalue weighted by molar-refractivity contribution is 9.10. The molecule has 5 heteroatoms. The van der Waals surface area contributed by atoms with E-state index in [0.29, 0.717) is 13.2 Å². The van der Waals surface area contributed by atoms with Gasteiger partial charge in [0.15, 0.2) is 0 Å². The summed E-state index contributed by atoms with van der Waals surface area (Å²) < 4.78 is 17.3. The fourth-order valence-electron chi connectivity index (χ4n) is 1.91. The predicted octanol–water partition coefficient (Wildman–Crippen LogP) is 3.50. The number of hydrogen-bond donors (Lipinski definition) is 1. The summed E-state index contributed by atoms with van der Waals surface area (Å²) in [6, 6.07) is 11.4. The Bertz CT molecular complexity index is 616. The van der Waals surface area contributed by atoms with Gasteiger partial charge in [-0.3, -0.25) is 0 Å².